The van der Waals surface area contributed by atoms with Crippen molar-refractivity contribution in [1.29, 1.82) is 0 Å². The standard InChI is InChI=1S/C16H21ClN2O2/c1-3-9-10-7-11(14(18)12-5-4-6-21-12)13(17)8(2)15(10)19-16(9)20/h7,9,12,14H,3-6,18H2,1-2H3,(H,19,20). The Hall–Kier alpha value is -1.10. The maximum Gasteiger partial charge on any atom is 0.232 e. The quantitative estimate of drug-likeness (QED) is 0.900. The molecule has 3 unspecified atom stereocenters. The Kier molecular flexibility index (Phi) is 3.95. The van der Waals surface area contributed by atoms with Crippen LogP contribution in [-0.2, 0) is 9.53 Å². The lowest BCUT2D eigenvalue weighted by molar-refractivity contribution is -0.117. The summed E-state index contributed by atoms with van der Waals surface area (Å²) < 4.78 is 5.69. The maximum absolute atomic E-state index is 12.1. The average Bonchev–Trinajstić information content (AvgIpc) is 3.09. The molecule has 3 rings (SSSR count). The number of amides is 1. The number of carbonyl (C=O) groups excluding carboxylic acids is 1. The highest BCUT2D eigenvalue weighted by Crippen LogP contribution is 2.43. The van der Waals surface area contributed by atoms with E-state index in [4.69, 9.17) is 22.1 Å². The van der Waals surface area contributed by atoms with Gasteiger partial charge in [-0.1, -0.05) is 18.5 Å². The van der Waals surface area contributed by atoms with Gasteiger partial charge in [0.25, 0.3) is 0 Å². The summed E-state index contributed by atoms with van der Waals surface area (Å²) in [4.78, 5) is 12.1. The summed E-state index contributed by atoms with van der Waals surface area (Å²) in [5.74, 6) is -0.0547. The number of halogens is 1. The van der Waals surface area contributed by atoms with Gasteiger partial charge in [-0.15, -0.1) is 0 Å². The SMILES string of the molecule is CCC1C(=O)Nc2c1cc(C(N)C1CCCO1)c(Cl)c2C. The zero-order valence-electron chi connectivity index (χ0n) is 12.4. The molecule has 1 amide bonds. The molecule has 0 aliphatic carbocycles. The number of nitrogens with one attached hydrogen (secondary N) is 1. The van der Waals surface area contributed by atoms with E-state index in [0.717, 1.165) is 48.2 Å². The molecule has 2 aliphatic heterocycles. The number of benzene rings is 1. The molecule has 3 N–H and O–H groups in total. The Morgan fingerprint density at radius 2 is 2.33 bits per heavy atom. The summed E-state index contributed by atoms with van der Waals surface area (Å²) in [5.41, 5.74) is 10.1. The molecule has 4 nitrogen and oxygen atoms in total. The third-order valence-corrected chi connectivity index (χ3v) is 5.13. The van der Waals surface area contributed by atoms with Crippen LogP contribution in [0.1, 0.15) is 54.8 Å². The van der Waals surface area contributed by atoms with Gasteiger partial charge >= 0.3 is 0 Å². The van der Waals surface area contributed by atoms with Crippen molar-refractivity contribution in [3.8, 4) is 0 Å². The number of nitrogens with two attached hydrogens (primary N) is 1. The summed E-state index contributed by atoms with van der Waals surface area (Å²) >= 11 is 6.50. The molecular weight excluding hydrogens is 288 g/mol. The molecule has 1 saturated heterocycles. The number of hydrogen-bond donors (Lipinski definition) is 2. The summed E-state index contributed by atoms with van der Waals surface area (Å²) in [7, 11) is 0. The number of ether oxygens (including phenoxy) is 1. The van der Waals surface area contributed by atoms with E-state index in [1.165, 1.54) is 0 Å². The fraction of sp³-hybridized carbons (Fsp3) is 0.562. The molecule has 0 saturated carbocycles. The maximum atomic E-state index is 12.1. The van der Waals surface area contributed by atoms with E-state index in [1.54, 1.807) is 0 Å². The van der Waals surface area contributed by atoms with Crippen molar-refractivity contribution in [3.63, 3.8) is 0 Å². The second kappa shape index (κ2) is 5.59. The van der Waals surface area contributed by atoms with Crippen molar-refractivity contribution < 1.29 is 9.53 Å². The summed E-state index contributed by atoms with van der Waals surface area (Å²) in [5, 5.41) is 3.59. The van der Waals surface area contributed by atoms with Gasteiger partial charge in [-0.25, -0.2) is 0 Å². The molecule has 0 aromatic heterocycles. The van der Waals surface area contributed by atoms with Crippen LogP contribution in [0.15, 0.2) is 6.07 Å². The van der Waals surface area contributed by atoms with Crippen molar-refractivity contribution >= 4 is 23.2 Å². The smallest absolute Gasteiger partial charge is 0.232 e. The molecule has 5 heteroatoms. The molecule has 3 atom stereocenters. The van der Waals surface area contributed by atoms with Crippen LogP contribution in [0.5, 0.6) is 0 Å². The minimum absolute atomic E-state index is 0.0186. The van der Waals surface area contributed by atoms with Gasteiger partial charge in [0, 0.05) is 12.3 Å². The summed E-state index contributed by atoms with van der Waals surface area (Å²) in [6.07, 6.45) is 2.79. The number of hydrogen-bond acceptors (Lipinski definition) is 3. The Bertz CT molecular complexity index is 582. The van der Waals surface area contributed by atoms with Gasteiger partial charge < -0.3 is 15.8 Å². The monoisotopic (exact) mass is 308 g/mol. The van der Waals surface area contributed by atoms with Crippen LogP contribution in [-0.4, -0.2) is 18.6 Å². The average molecular weight is 309 g/mol. The highest BCUT2D eigenvalue weighted by atomic mass is 35.5. The van der Waals surface area contributed by atoms with E-state index in [1.807, 2.05) is 19.9 Å². The summed E-state index contributed by atoms with van der Waals surface area (Å²) in [6.45, 7) is 4.71. The first kappa shape index (κ1) is 14.8. The number of fused-ring (bicyclic) bond motifs is 1. The molecule has 1 fully saturated rings. The first-order valence-electron chi connectivity index (χ1n) is 7.55. The van der Waals surface area contributed by atoms with Crippen molar-refractivity contribution in [1.82, 2.24) is 0 Å². The first-order valence-corrected chi connectivity index (χ1v) is 7.93. The van der Waals surface area contributed by atoms with Crippen molar-refractivity contribution in [3.05, 3.63) is 27.8 Å². The largest absolute Gasteiger partial charge is 0.376 e. The highest BCUT2D eigenvalue weighted by Gasteiger charge is 2.34. The molecule has 0 bridgehead atoms. The lowest BCUT2D eigenvalue weighted by atomic mass is 9.90. The zero-order chi connectivity index (χ0) is 15.1. The normalized spacial score (nSPS) is 25.8. The van der Waals surface area contributed by atoms with E-state index in [0.29, 0.717) is 5.02 Å². The fourth-order valence-corrected chi connectivity index (χ4v) is 3.65. The van der Waals surface area contributed by atoms with E-state index < -0.39 is 0 Å². The van der Waals surface area contributed by atoms with Crippen LogP contribution >= 0.6 is 11.6 Å². The Morgan fingerprint density at radius 3 is 2.95 bits per heavy atom. The molecule has 1 aromatic carbocycles. The number of anilines is 1. The molecule has 21 heavy (non-hydrogen) atoms. The van der Waals surface area contributed by atoms with Crippen molar-refractivity contribution in [2.75, 3.05) is 11.9 Å². The predicted molar refractivity (Wildman–Crippen MR) is 83.8 cm³/mol. The third-order valence-electron chi connectivity index (χ3n) is 4.63. The van der Waals surface area contributed by atoms with Gasteiger partial charge in [-0.05, 0) is 48.9 Å². The van der Waals surface area contributed by atoms with Crippen LogP contribution in [0.2, 0.25) is 5.02 Å². The molecule has 2 heterocycles. The predicted octanol–water partition coefficient (Wildman–Crippen LogP) is 3.27. The zero-order valence-corrected chi connectivity index (χ0v) is 13.2. The number of rotatable bonds is 3. The fourth-order valence-electron chi connectivity index (χ4n) is 3.37. The van der Waals surface area contributed by atoms with Crippen LogP contribution < -0.4 is 11.1 Å². The van der Waals surface area contributed by atoms with Crippen LogP contribution in [0, 0.1) is 6.92 Å². The van der Waals surface area contributed by atoms with Gasteiger partial charge in [-0.3, -0.25) is 4.79 Å². The Labute approximate surface area is 130 Å². The van der Waals surface area contributed by atoms with Crippen LogP contribution in [0.4, 0.5) is 5.69 Å². The molecular formula is C16H21ClN2O2. The van der Waals surface area contributed by atoms with Gasteiger partial charge in [0.2, 0.25) is 5.91 Å². The first-order chi connectivity index (χ1) is 10.0. The molecule has 2 aliphatic rings. The van der Waals surface area contributed by atoms with E-state index >= 15 is 0 Å². The molecule has 0 spiro atoms. The molecule has 0 radical (unpaired) electrons. The number of carbonyl (C=O) groups is 1. The van der Waals surface area contributed by atoms with Gasteiger partial charge in [-0.2, -0.15) is 0 Å². The molecule has 1 aromatic rings. The van der Waals surface area contributed by atoms with Gasteiger partial charge in [0.1, 0.15) is 0 Å². The second-order valence-corrected chi connectivity index (χ2v) is 6.27. The van der Waals surface area contributed by atoms with Gasteiger partial charge in [0.15, 0.2) is 0 Å². The highest BCUT2D eigenvalue weighted by molar-refractivity contribution is 6.33. The van der Waals surface area contributed by atoms with E-state index in [9.17, 15) is 4.79 Å². The topological polar surface area (TPSA) is 64.4 Å². The van der Waals surface area contributed by atoms with Gasteiger partial charge in [0.05, 0.1) is 23.1 Å². The third kappa shape index (κ3) is 2.35. The Morgan fingerprint density at radius 1 is 1.57 bits per heavy atom. The second-order valence-electron chi connectivity index (χ2n) is 5.90. The lowest BCUT2D eigenvalue weighted by Gasteiger charge is -2.22. The van der Waals surface area contributed by atoms with Crippen LogP contribution in [0.3, 0.4) is 0 Å². The van der Waals surface area contributed by atoms with E-state index in [-0.39, 0.29) is 24.0 Å². The Balaban J connectivity index is 2.05. The molecule has 114 valence electrons. The minimum atomic E-state index is -0.239. The minimum Gasteiger partial charge on any atom is -0.376 e. The lowest BCUT2D eigenvalue weighted by Crippen LogP contribution is -2.26. The van der Waals surface area contributed by atoms with Crippen molar-refractivity contribution in [2.45, 2.75) is 51.2 Å². The summed E-state index contributed by atoms with van der Waals surface area (Å²) in [6, 6.07) is 1.76. The van der Waals surface area contributed by atoms with Crippen LogP contribution in [0.25, 0.3) is 0 Å². The van der Waals surface area contributed by atoms with Crippen molar-refractivity contribution in [2.24, 2.45) is 5.73 Å². The van der Waals surface area contributed by atoms with E-state index in [2.05, 4.69) is 5.32 Å².